The number of allylic oxidation sites excluding steroid dienone is 1. The standard InChI is InChI=1S/C21H17NO4S/c1-25-18(23)12-26-21(24)19-15-6-2-3-7-17(15)22-20-13(8-9-16(19)20)11-14-5-4-10-27-14/h2-7,10-11H,8-9,12H2,1H3/b13-11-. The molecule has 0 N–H and O–H groups in total. The van der Waals surface area contributed by atoms with Crippen LogP contribution in [0.25, 0.3) is 22.6 Å². The van der Waals surface area contributed by atoms with Crippen molar-refractivity contribution in [2.75, 3.05) is 13.7 Å². The number of hydrogen-bond acceptors (Lipinski definition) is 6. The van der Waals surface area contributed by atoms with Crippen molar-refractivity contribution in [2.24, 2.45) is 0 Å². The van der Waals surface area contributed by atoms with E-state index in [1.165, 1.54) is 7.11 Å². The first kappa shape index (κ1) is 17.4. The number of rotatable bonds is 4. The zero-order valence-electron chi connectivity index (χ0n) is 14.7. The molecule has 0 amide bonds. The fourth-order valence-corrected chi connectivity index (χ4v) is 3.99. The van der Waals surface area contributed by atoms with Gasteiger partial charge in [0.1, 0.15) is 0 Å². The van der Waals surface area contributed by atoms with Crippen LogP contribution in [0.2, 0.25) is 0 Å². The Morgan fingerprint density at radius 1 is 1.19 bits per heavy atom. The quantitative estimate of drug-likeness (QED) is 0.638. The Kier molecular flexibility index (Phi) is 4.73. The number of esters is 2. The zero-order chi connectivity index (χ0) is 18.8. The van der Waals surface area contributed by atoms with Gasteiger partial charge < -0.3 is 9.47 Å². The Bertz CT molecular complexity index is 1050. The van der Waals surface area contributed by atoms with E-state index in [1.807, 2.05) is 35.7 Å². The second-order valence-corrected chi connectivity index (χ2v) is 7.15. The molecule has 2 heterocycles. The second-order valence-electron chi connectivity index (χ2n) is 6.17. The number of carbonyl (C=O) groups excluding carboxylic acids is 2. The lowest BCUT2D eigenvalue weighted by atomic mass is 10.0. The lowest BCUT2D eigenvalue weighted by molar-refractivity contribution is -0.144. The molecule has 0 unspecified atom stereocenters. The summed E-state index contributed by atoms with van der Waals surface area (Å²) >= 11 is 1.67. The van der Waals surface area contributed by atoms with Crippen LogP contribution in [0, 0.1) is 0 Å². The molecule has 136 valence electrons. The van der Waals surface area contributed by atoms with E-state index < -0.39 is 18.5 Å². The molecule has 1 aromatic carbocycles. The van der Waals surface area contributed by atoms with Crippen LogP contribution in [0.15, 0.2) is 41.8 Å². The first-order chi connectivity index (χ1) is 13.2. The van der Waals surface area contributed by atoms with Gasteiger partial charge in [-0.15, -0.1) is 11.3 Å². The molecule has 0 aliphatic heterocycles. The van der Waals surface area contributed by atoms with Crippen molar-refractivity contribution >= 4 is 45.8 Å². The normalized spacial score (nSPS) is 14.3. The van der Waals surface area contributed by atoms with Gasteiger partial charge in [0.2, 0.25) is 0 Å². The van der Waals surface area contributed by atoms with Gasteiger partial charge in [0.05, 0.1) is 23.9 Å². The third kappa shape index (κ3) is 3.36. The number of ether oxygens (including phenoxy) is 2. The summed E-state index contributed by atoms with van der Waals surface area (Å²) in [5.74, 6) is -1.11. The number of para-hydroxylation sites is 1. The molecule has 1 aliphatic carbocycles. The number of fused-ring (bicyclic) bond motifs is 2. The molecular formula is C21H17NO4S. The summed E-state index contributed by atoms with van der Waals surface area (Å²) in [5.41, 5.74) is 4.06. The molecule has 0 bridgehead atoms. The maximum Gasteiger partial charge on any atom is 0.344 e. The van der Waals surface area contributed by atoms with Crippen LogP contribution in [0.1, 0.15) is 32.9 Å². The maximum absolute atomic E-state index is 12.8. The summed E-state index contributed by atoms with van der Waals surface area (Å²) in [6.45, 7) is -0.404. The largest absolute Gasteiger partial charge is 0.466 e. The molecule has 0 atom stereocenters. The summed E-state index contributed by atoms with van der Waals surface area (Å²) < 4.78 is 9.75. The minimum Gasteiger partial charge on any atom is -0.466 e. The third-order valence-electron chi connectivity index (χ3n) is 4.55. The van der Waals surface area contributed by atoms with Crippen LogP contribution in [-0.4, -0.2) is 30.6 Å². The van der Waals surface area contributed by atoms with E-state index in [9.17, 15) is 9.59 Å². The van der Waals surface area contributed by atoms with Crippen LogP contribution in [-0.2, 0) is 20.7 Å². The molecule has 0 radical (unpaired) electrons. The first-order valence-corrected chi connectivity index (χ1v) is 9.45. The molecule has 2 aromatic heterocycles. The summed E-state index contributed by atoms with van der Waals surface area (Å²) in [7, 11) is 1.26. The van der Waals surface area contributed by atoms with Crippen molar-refractivity contribution in [3.8, 4) is 0 Å². The lowest BCUT2D eigenvalue weighted by Gasteiger charge is -2.12. The average Bonchev–Trinajstić information content (AvgIpc) is 3.34. The monoisotopic (exact) mass is 379 g/mol. The Labute approximate surface area is 160 Å². The number of benzene rings is 1. The van der Waals surface area contributed by atoms with E-state index in [1.54, 1.807) is 11.3 Å². The Morgan fingerprint density at radius 2 is 2.04 bits per heavy atom. The van der Waals surface area contributed by atoms with Crippen molar-refractivity contribution in [2.45, 2.75) is 12.8 Å². The molecule has 6 heteroatoms. The van der Waals surface area contributed by atoms with Crippen molar-refractivity contribution in [1.29, 1.82) is 0 Å². The van der Waals surface area contributed by atoms with Gasteiger partial charge in [-0.2, -0.15) is 0 Å². The van der Waals surface area contributed by atoms with Crippen molar-refractivity contribution in [3.63, 3.8) is 0 Å². The van der Waals surface area contributed by atoms with Crippen molar-refractivity contribution in [1.82, 2.24) is 4.98 Å². The Hall–Kier alpha value is -2.99. The number of pyridine rings is 1. The maximum atomic E-state index is 12.8. The van der Waals surface area contributed by atoms with Crippen LogP contribution in [0.3, 0.4) is 0 Å². The smallest absolute Gasteiger partial charge is 0.344 e. The molecule has 0 saturated heterocycles. The van der Waals surface area contributed by atoms with Crippen molar-refractivity contribution < 1.29 is 19.1 Å². The van der Waals surface area contributed by atoms with Gasteiger partial charge >= 0.3 is 11.9 Å². The first-order valence-electron chi connectivity index (χ1n) is 8.57. The predicted molar refractivity (Wildman–Crippen MR) is 105 cm³/mol. The molecule has 27 heavy (non-hydrogen) atoms. The molecule has 4 rings (SSSR count). The van der Waals surface area contributed by atoms with Crippen LogP contribution < -0.4 is 0 Å². The van der Waals surface area contributed by atoms with Gasteiger partial charge in [-0.25, -0.2) is 14.6 Å². The molecule has 0 fully saturated rings. The van der Waals surface area contributed by atoms with Crippen LogP contribution in [0.5, 0.6) is 0 Å². The van der Waals surface area contributed by atoms with Crippen LogP contribution >= 0.6 is 11.3 Å². The van der Waals surface area contributed by atoms with Gasteiger partial charge in [-0.3, -0.25) is 0 Å². The average molecular weight is 379 g/mol. The molecular weight excluding hydrogens is 362 g/mol. The number of aromatic nitrogens is 1. The molecule has 5 nitrogen and oxygen atoms in total. The number of hydrogen-bond donors (Lipinski definition) is 0. The van der Waals surface area contributed by atoms with E-state index >= 15 is 0 Å². The minimum atomic E-state index is -0.586. The highest BCUT2D eigenvalue weighted by atomic mass is 32.1. The van der Waals surface area contributed by atoms with Gasteiger partial charge in [0, 0.05) is 10.3 Å². The number of thiophene rings is 1. The third-order valence-corrected chi connectivity index (χ3v) is 5.37. The lowest BCUT2D eigenvalue weighted by Crippen LogP contribution is -2.17. The highest BCUT2D eigenvalue weighted by Crippen LogP contribution is 2.38. The highest BCUT2D eigenvalue weighted by molar-refractivity contribution is 7.10. The summed E-state index contributed by atoms with van der Waals surface area (Å²) in [6.07, 6.45) is 3.66. The number of carbonyl (C=O) groups is 2. The van der Waals surface area contributed by atoms with E-state index in [4.69, 9.17) is 9.72 Å². The van der Waals surface area contributed by atoms with Gasteiger partial charge in [0.25, 0.3) is 0 Å². The Morgan fingerprint density at radius 3 is 2.81 bits per heavy atom. The van der Waals surface area contributed by atoms with E-state index in [0.29, 0.717) is 12.0 Å². The zero-order valence-corrected chi connectivity index (χ0v) is 15.5. The minimum absolute atomic E-state index is 0.404. The summed E-state index contributed by atoms with van der Waals surface area (Å²) in [5, 5.41) is 2.77. The molecule has 0 saturated carbocycles. The number of methoxy groups -OCH3 is 1. The fourth-order valence-electron chi connectivity index (χ4n) is 3.31. The van der Waals surface area contributed by atoms with E-state index in [-0.39, 0.29) is 0 Å². The second kappa shape index (κ2) is 7.32. The number of nitrogens with zero attached hydrogens (tertiary/aromatic N) is 1. The van der Waals surface area contributed by atoms with E-state index in [2.05, 4.69) is 16.9 Å². The van der Waals surface area contributed by atoms with Gasteiger partial charge in [-0.1, -0.05) is 24.3 Å². The highest BCUT2D eigenvalue weighted by Gasteiger charge is 2.28. The van der Waals surface area contributed by atoms with Crippen molar-refractivity contribution in [3.05, 3.63) is 63.5 Å². The summed E-state index contributed by atoms with van der Waals surface area (Å²) in [4.78, 5) is 30.1. The van der Waals surface area contributed by atoms with E-state index in [0.717, 1.165) is 39.0 Å². The molecule has 0 spiro atoms. The topological polar surface area (TPSA) is 65.5 Å². The molecule has 1 aliphatic rings. The van der Waals surface area contributed by atoms with Gasteiger partial charge in [0.15, 0.2) is 6.61 Å². The SMILES string of the molecule is COC(=O)COC(=O)c1c2c(nc3ccccc13)/C(=C\c1cccs1)CC2. The molecule has 3 aromatic rings. The van der Waals surface area contributed by atoms with Crippen LogP contribution in [0.4, 0.5) is 0 Å². The predicted octanol–water partition coefficient (Wildman–Crippen LogP) is 4.11. The van der Waals surface area contributed by atoms with Gasteiger partial charge in [-0.05, 0) is 47.6 Å². The Balaban J connectivity index is 1.81. The summed E-state index contributed by atoms with van der Waals surface area (Å²) in [6, 6.07) is 11.6. The fraction of sp³-hybridized carbons (Fsp3) is 0.190.